The number of amides is 3. The van der Waals surface area contributed by atoms with Crippen molar-refractivity contribution >= 4 is 39.4 Å². The van der Waals surface area contributed by atoms with Gasteiger partial charge in [-0.2, -0.15) is 0 Å². The van der Waals surface area contributed by atoms with E-state index in [9.17, 15) is 22.8 Å². The molecule has 3 N–H and O–H groups in total. The van der Waals surface area contributed by atoms with Gasteiger partial charge in [0.05, 0.1) is 44.4 Å². The van der Waals surface area contributed by atoms with Crippen molar-refractivity contribution in [2.24, 2.45) is 21.8 Å². The number of fused-ring (bicyclic) bond motifs is 2. The molecular weight excluding hydrogens is 723 g/mol. The van der Waals surface area contributed by atoms with Gasteiger partial charge in [-0.05, 0) is 72.9 Å². The molecule has 0 spiro atoms. The number of nitrogens with zero attached hydrogens (tertiary/aromatic N) is 4. The third-order valence-corrected chi connectivity index (χ3v) is 13.8. The van der Waals surface area contributed by atoms with Crippen LogP contribution in [0.5, 0.6) is 11.5 Å². The number of hydrogen-bond donors (Lipinski definition) is 3. The Hall–Kier alpha value is -4.66. The number of ether oxygens (including phenoxy) is 2. The van der Waals surface area contributed by atoms with Crippen LogP contribution in [-0.2, 0) is 24.2 Å². The highest BCUT2D eigenvalue weighted by Crippen LogP contribution is 2.45. The van der Waals surface area contributed by atoms with Crippen molar-refractivity contribution in [2.45, 2.75) is 113 Å². The van der Waals surface area contributed by atoms with Crippen molar-refractivity contribution in [3.63, 3.8) is 0 Å². The van der Waals surface area contributed by atoms with E-state index in [0.29, 0.717) is 44.2 Å². The van der Waals surface area contributed by atoms with Gasteiger partial charge in [0, 0.05) is 19.5 Å². The Balaban J connectivity index is 1.02. The molecule has 0 radical (unpaired) electrons. The van der Waals surface area contributed by atoms with Gasteiger partial charge in [0.25, 0.3) is 0 Å². The number of amidine groups is 2. The van der Waals surface area contributed by atoms with E-state index in [1.165, 1.54) is 7.11 Å². The van der Waals surface area contributed by atoms with Crippen LogP contribution in [0.4, 0.5) is 4.79 Å². The Morgan fingerprint density at radius 2 is 1.49 bits per heavy atom. The molecule has 5 aliphatic rings. The fraction of sp³-hybridized carbons (Fsp3) is 0.575. The molecule has 2 unspecified atom stereocenters. The fourth-order valence-electron chi connectivity index (χ4n) is 8.29. The second-order valence-corrected chi connectivity index (χ2v) is 17.4. The summed E-state index contributed by atoms with van der Waals surface area (Å²) in [6.07, 6.45) is 4.88. The summed E-state index contributed by atoms with van der Waals surface area (Å²) >= 11 is 0. The predicted molar refractivity (Wildman–Crippen MR) is 207 cm³/mol. The molecule has 0 saturated carbocycles. The molecule has 0 aromatic heterocycles. The lowest BCUT2D eigenvalue weighted by Gasteiger charge is -2.32. The molecule has 2 aromatic rings. The predicted octanol–water partition coefficient (Wildman–Crippen LogP) is 4.90. The number of nitrogens with one attached hydrogen (secondary N) is 3. The average molecular weight is 776 g/mol. The Labute approximate surface area is 323 Å². The minimum Gasteiger partial charge on any atom is -0.455 e. The molecule has 7 rings (SSSR count). The summed E-state index contributed by atoms with van der Waals surface area (Å²) in [5.41, 5.74) is 1.60. The third-order valence-electron chi connectivity index (χ3n) is 12.0. The number of aliphatic imine (C=N–C) groups is 2. The van der Waals surface area contributed by atoms with E-state index < -0.39 is 22.0 Å². The van der Waals surface area contributed by atoms with Crippen LogP contribution in [0, 0.1) is 11.8 Å². The fourth-order valence-corrected chi connectivity index (χ4v) is 9.80. The Kier molecular flexibility index (Phi) is 11.1. The number of carbonyl (C=O) groups excluding carboxylic acids is 3. The Morgan fingerprint density at radius 3 is 2.13 bits per heavy atom. The van der Waals surface area contributed by atoms with Gasteiger partial charge >= 0.3 is 6.09 Å². The van der Waals surface area contributed by atoms with Crippen molar-refractivity contribution in [1.82, 2.24) is 25.8 Å². The van der Waals surface area contributed by atoms with Gasteiger partial charge in [0.15, 0.2) is 0 Å². The quantitative estimate of drug-likeness (QED) is 0.245. The van der Waals surface area contributed by atoms with Gasteiger partial charge in [-0.3, -0.25) is 19.6 Å². The summed E-state index contributed by atoms with van der Waals surface area (Å²) in [7, 11) is -2.63. The highest BCUT2D eigenvalue weighted by Gasteiger charge is 2.41. The van der Waals surface area contributed by atoms with E-state index >= 15 is 0 Å². The molecule has 0 bridgehead atoms. The third kappa shape index (κ3) is 7.51. The average Bonchev–Trinajstić information content (AvgIpc) is 4.02. The van der Waals surface area contributed by atoms with E-state index in [4.69, 9.17) is 19.5 Å². The van der Waals surface area contributed by atoms with Crippen molar-refractivity contribution in [3.05, 3.63) is 47.5 Å². The molecule has 7 atom stereocenters. The molecule has 55 heavy (non-hydrogen) atoms. The molecule has 3 amide bonds. The van der Waals surface area contributed by atoms with Gasteiger partial charge in [-0.1, -0.05) is 52.7 Å². The summed E-state index contributed by atoms with van der Waals surface area (Å²) in [6.45, 7) is 10.3. The number of methoxy groups -OCH3 is 1. The van der Waals surface area contributed by atoms with Gasteiger partial charge in [-0.15, -0.1) is 0 Å². The molecule has 2 aromatic carbocycles. The number of alkyl carbamates (subject to hydrolysis) is 1. The topological polar surface area (TPSA) is 171 Å². The van der Waals surface area contributed by atoms with Crippen LogP contribution in [-0.4, -0.2) is 99.2 Å². The highest BCUT2D eigenvalue weighted by atomic mass is 32.2. The highest BCUT2D eigenvalue weighted by molar-refractivity contribution is 7.91. The molecule has 0 aliphatic carbocycles. The number of likely N-dealkylation sites (tertiary alicyclic amines) is 2. The van der Waals surface area contributed by atoms with Crippen molar-refractivity contribution < 1.29 is 32.3 Å². The maximum Gasteiger partial charge on any atom is 0.407 e. The molecule has 5 heterocycles. The normalized spacial score (nSPS) is 25.3. The zero-order valence-electron chi connectivity index (χ0n) is 32.3. The van der Waals surface area contributed by atoms with Crippen molar-refractivity contribution in [3.8, 4) is 11.5 Å². The van der Waals surface area contributed by atoms with Gasteiger partial charge in [0.1, 0.15) is 39.0 Å². The van der Waals surface area contributed by atoms with Gasteiger partial charge in [-0.25, -0.2) is 13.2 Å². The van der Waals surface area contributed by atoms with Crippen LogP contribution in [0.2, 0.25) is 0 Å². The standard InChI is InChI=1S/C40H53N7O7S/c1-6-23(3)18-35(48)46-16-8-10-29(46)37-41-21-27(43-37)25-13-15-33-32(19-25)54-31-14-12-26(20-34(31)55(33,51)52)28-22-42-38(44-28)30-11-9-17-47(30)39(49)36(24(4)7-2)45-40(50)53-5/h12-15,19-20,23-24,27-30,36H,6-11,16-18,21-22H2,1-5H3,(H,41,43)(H,42,44)(H,45,50)/t23-,24-,27?,28?,29-,30-,36-/m0/s1. The molecule has 14 nitrogen and oxygen atoms in total. The first-order valence-corrected chi connectivity index (χ1v) is 21.2. The monoisotopic (exact) mass is 775 g/mol. The van der Waals surface area contributed by atoms with E-state index in [1.54, 1.807) is 29.2 Å². The minimum atomic E-state index is -3.91. The summed E-state index contributed by atoms with van der Waals surface area (Å²) in [5.74, 6) is 2.26. The zero-order chi connectivity index (χ0) is 39.0. The van der Waals surface area contributed by atoms with Crippen LogP contribution < -0.4 is 20.7 Å². The minimum absolute atomic E-state index is 0.0652. The number of carbonyl (C=O) groups is 3. The molecule has 5 aliphatic heterocycles. The lowest BCUT2D eigenvalue weighted by Crippen LogP contribution is -2.55. The maximum atomic E-state index is 14.1. The Morgan fingerprint density at radius 1 is 0.873 bits per heavy atom. The van der Waals surface area contributed by atoms with Gasteiger partial charge in [0.2, 0.25) is 21.7 Å². The molecule has 2 fully saturated rings. The lowest BCUT2D eigenvalue weighted by molar-refractivity contribution is -0.134. The van der Waals surface area contributed by atoms with Crippen molar-refractivity contribution in [1.29, 1.82) is 0 Å². The van der Waals surface area contributed by atoms with E-state index in [1.807, 2.05) is 30.9 Å². The van der Waals surface area contributed by atoms with Crippen molar-refractivity contribution in [2.75, 3.05) is 33.3 Å². The summed E-state index contributed by atoms with van der Waals surface area (Å²) in [6, 6.07) is 8.87. The summed E-state index contributed by atoms with van der Waals surface area (Å²) in [4.78, 5) is 52.4. The summed E-state index contributed by atoms with van der Waals surface area (Å²) < 4.78 is 39.2. The first-order valence-electron chi connectivity index (χ1n) is 19.7. The van der Waals surface area contributed by atoms with Crippen LogP contribution in [0.3, 0.4) is 0 Å². The molecular formula is C40H53N7O7S. The molecule has 2 saturated heterocycles. The number of hydrogen-bond acceptors (Lipinski definition) is 11. The molecule has 296 valence electrons. The first-order chi connectivity index (χ1) is 26.4. The van der Waals surface area contributed by atoms with Crippen LogP contribution in [0.25, 0.3) is 0 Å². The number of benzene rings is 2. The SMILES string of the molecule is CC[C@H](C)CC(=O)N1CCC[C@H]1C1=NCC(c2ccc3c(c2)Oc2ccc(C4CN=C([C@@H]5CCCN5C(=O)[C@@H](NC(=O)OC)[C@@H](C)CC)N4)cc2S3(=O)=O)N1. The Bertz CT molecular complexity index is 2000. The van der Waals surface area contributed by atoms with Crippen LogP contribution in [0.15, 0.2) is 56.2 Å². The summed E-state index contributed by atoms with van der Waals surface area (Å²) in [5, 5.41) is 9.73. The lowest BCUT2D eigenvalue weighted by atomic mass is 9.97. The van der Waals surface area contributed by atoms with E-state index in [2.05, 4.69) is 29.8 Å². The van der Waals surface area contributed by atoms with Crippen LogP contribution in [0.1, 0.15) is 95.9 Å². The first kappa shape index (κ1) is 38.6. The second kappa shape index (κ2) is 15.8. The van der Waals surface area contributed by atoms with Gasteiger partial charge < -0.3 is 35.2 Å². The molecule has 15 heteroatoms. The van der Waals surface area contributed by atoms with E-state index in [0.717, 1.165) is 55.6 Å². The largest absolute Gasteiger partial charge is 0.455 e. The second-order valence-electron chi connectivity index (χ2n) is 15.5. The smallest absolute Gasteiger partial charge is 0.407 e. The number of rotatable bonds is 11. The van der Waals surface area contributed by atoms with Crippen LogP contribution >= 0.6 is 0 Å². The van der Waals surface area contributed by atoms with E-state index in [-0.39, 0.29) is 63.2 Å². The zero-order valence-corrected chi connectivity index (χ0v) is 33.2. The number of sulfone groups is 1. The maximum absolute atomic E-state index is 14.1.